The van der Waals surface area contributed by atoms with E-state index in [4.69, 9.17) is 23.7 Å². The molecule has 3 fully saturated rings. The lowest BCUT2D eigenvalue weighted by Crippen LogP contribution is -2.80. The van der Waals surface area contributed by atoms with Crippen LogP contribution < -0.4 is 5.32 Å². The summed E-state index contributed by atoms with van der Waals surface area (Å²) in [5.41, 5.74) is -5.14. The molecule has 7 rings (SSSR count). The number of hydrogen-bond donors (Lipinski definition) is 4. The van der Waals surface area contributed by atoms with Crippen LogP contribution in [0.15, 0.2) is 102 Å². The highest BCUT2D eigenvalue weighted by atomic mass is 16.6. The van der Waals surface area contributed by atoms with E-state index in [9.17, 15) is 39.3 Å². The topological polar surface area (TPSA) is 221 Å². The molecular weight excluding hydrogens is 778 g/mol. The number of Topliss-reactive ketones (excluding diaryl/α,β-unsaturated/α-hetero) is 1. The SMILES string of the molecule is CC(=O)O[C@H]1C(=O)[C@@]2(C)C(C(OC(=O)c3ccccc3)[C@@]3(O)CC1=C(C)[C@@H](OC(=O)[C@H](O)[C@@H](NC(=O)c1ccccc1)c1ccccc1)C3)[C@]1(OC(C)=O)CO[C@@H]1C[C@@H]2O. The standard InChI is InChI=1S/C45H47NO14/c1-24-30-21-44(55,22-31(24)58-42(54)35(50)34(27-14-8-5-9-15-27)46-40(52)28-16-10-6-11-17-28)39(59-41(53)29-18-12-7-13-19-29)37-43(4,38(51)36(30)57-25(2)47)32(49)20-33-45(37,23-56-33)60-26(3)48/h5-19,31-37,39,49-50,55H,20-23H2,1-4H3,(H,46,52)/t31-,32-,33+,34-,35+,36+,37?,39?,43+,44+,45-/m0/s1. The zero-order valence-corrected chi connectivity index (χ0v) is 33.4. The molecule has 15 nitrogen and oxygen atoms in total. The molecule has 3 aromatic carbocycles. The molecule has 60 heavy (non-hydrogen) atoms. The third-order valence-corrected chi connectivity index (χ3v) is 12.5. The number of amides is 1. The van der Waals surface area contributed by atoms with Crippen LogP contribution >= 0.6 is 0 Å². The number of benzene rings is 3. The van der Waals surface area contributed by atoms with E-state index in [0.717, 1.165) is 13.8 Å². The van der Waals surface area contributed by atoms with E-state index >= 15 is 4.79 Å². The Morgan fingerprint density at radius 1 is 0.850 bits per heavy atom. The molecule has 316 valence electrons. The van der Waals surface area contributed by atoms with Crippen molar-refractivity contribution in [2.75, 3.05) is 6.61 Å². The number of rotatable bonds is 10. The van der Waals surface area contributed by atoms with Gasteiger partial charge < -0.3 is 44.3 Å². The first kappa shape index (κ1) is 42.4. The van der Waals surface area contributed by atoms with Gasteiger partial charge in [-0.15, -0.1) is 0 Å². The van der Waals surface area contributed by atoms with Gasteiger partial charge in [0.25, 0.3) is 5.91 Å². The first-order valence-electron chi connectivity index (χ1n) is 19.7. The van der Waals surface area contributed by atoms with Crippen LogP contribution in [0.4, 0.5) is 0 Å². The summed E-state index contributed by atoms with van der Waals surface area (Å²) in [6.45, 7) is 4.83. The van der Waals surface area contributed by atoms with Gasteiger partial charge in [-0.3, -0.25) is 19.2 Å². The van der Waals surface area contributed by atoms with Gasteiger partial charge in [-0.25, -0.2) is 9.59 Å². The van der Waals surface area contributed by atoms with Gasteiger partial charge >= 0.3 is 23.9 Å². The van der Waals surface area contributed by atoms with Crippen molar-refractivity contribution >= 4 is 35.6 Å². The summed E-state index contributed by atoms with van der Waals surface area (Å²) in [6.07, 6.45) is -10.7. The highest BCUT2D eigenvalue weighted by Crippen LogP contribution is 2.61. The summed E-state index contributed by atoms with van der Waals surface area (Å²) >= 11 is 0. The van der Waals surface area contributed by atoms with Crippen molar-refractivity contribution < 1.29 is 67.8 Å². The number of ketones is 1. The predicted octanol–water partition coefficient (Wildman–Crippen LogP) is 3.10. The van der Waals surface area contributed by atoms with Gasteiger partial charge in [0.15, 0.2) is 23.6 Å². The van der Waals surface area contributed by atoms with E-state index < -0.39 is 114 Å². The summed E-state index contributed by atoms with van der Waals surface area (Å²) in [6, 6.07) is 22.9. The number of hydrogen-bond acceptors (Lipinski definition) is 14. The van der Waals surface area contributed by atoms with Crippen LogP contribution in [0.5, 0.6) is 0 Å². The third kappa shape index (κ3) is 7.51. The fourth-order valence-electron chi connectivity index (χ4n) is 9.41. The molecule has 2 bridgehead atoms. The fraction of sp³-hybridized carbons (Fsp3) is 0.422. The van der Waals surface area contributed by atoms with Gasteiger partial charge in [0.2, 0.25) is 0 Å². The van der Waals surface area contributed by atoms with Crippen molar-refractivity contribution in [2.45, 2.75) is 101 Å². The van der Waals surface area contributed by atoms with Crippen molar-refractivity contribution in [3.8, 4) is 0 Å². The zero-order chi connectivity index (χ0) is 43.1. The summed E-state index contributed by atoms with van der Waals surface area (Å²) in [5, 5.41) is 39.5. The second-order valence-corrected chi connectivity index (χ2v) is 16.2. The Morgan fingerprint density at radius 3 is 2.02 bits per heavy atom. The number of carbonyl (C=O) groups is 6. The van der Waals surface area contributed by atoms with Gasteiger partial charge in [-0.1, -0.05) is 66.7 Å². The second-order valence-electron chi connectivity index (χ2n) is 16.2. The molecule has 3 aliphatic carbocycles. The second kappa shape index (κ2) is 16.4. The van der Waals surface area contributed by atoms with E-state index in [0.29, 0.717) is 5.56 Å². The molecule has 1 saturated heterocycles. The van der Waals surface area contributed by atoms with Crippen LogP contribution in [0.25, 0.3) is 0 Å². The number of carbonyl (C=O) groups excluding carboxylic acids is 6. The maximum Gasteiger partial charge on any atom is 0.338 e. The Kier molecular flexibility index (Phi) is 11.6. The summed E-state index contributed by atoms with van der Waals surface area (Å²) < 4.78 is 29.8. The number of ether oxygens (including phenoxy) is 5. The van der Waals surface area contributed by atoms with Crippen molar-refractivity contribution in [3.63, 3.8) is 0 Å². The highest BCUT2D eigenvalue weighted by Gasteiger charge is 2.76. The summed E-state index contributed by atoms with van der Waals surface area (Å²) in [7, 11) is 0. The van der Waals surface area contributed by atoms with E-state index in [2.05, 4.69) is 5.32 Å². The van der Waals surface area contributed by atoms with Gasteiger partial charge in [-0.2, -0.15) is 0 Å². The quantitative estimate of drug-likeness (QED) is 0.131. The van der Waals surface area contributed by atoms with Crippen LogP contribution in [0, 0.1) is 11.3 Å². The van der Waals surface area contributed by atoms with Gasteiger partial charge in [-0.05, 0) is 54.8 Å². The lowest BCUT2D eigenvalue weighted by atomic mass is 9.48. The Balaban J connectivity index is 1.34. The molecule has 0 radical (unpaired) electrons. The zero-order valence-electron chi connectivity index (χ0n) is 33.4. The van der Waals surface area contributed by atoms with Crippen LogP contribution in [0.1, 0.15) is 79.3 Å². The van der Waals surface area contributed by atoms with Crippen molar-refractivity contribution in [2.24, 2.45) is 11.3 Å². The van der Waals surface area contributed by atoms with E-state index in [-0.39, 0.29) is 35.3 Å². The Hall–Kier alpha value is -5.74. The van der Waals surface area contributed by atoms with E-state index in [1.807, 2.05) is 0 Å². The molecule has 2 unspecified atom stereocenters. The minimum Gasteiger partial charge on any atom is -0.456 e. The molecule has 4 N–H and O–H groups in total. The molecular formula is C45H47NO14. The first-order chi connectivity index (χ1) is 28.5. The van der Waals surface area contributed by atoms with Gasteiger partial charge in [0, 0.05) is 38.7 Å². The maximum absolute atomic E-state index is 15.2. The normalized spacial score (nSPS) is 31.6. The molecule has 11 atom stereocenters. The third-order valence-electron chi connectivity index (χ3n) is 12.5. The number of aliphatic hydroxyl groups is 3. The average Bonchev–Trinajstić information content (AvgIpc) is 3.23. The lowest BCUT2D eigenvalue weighted by Gasteiger charge is -2.65. The number of esters is 4. The number of nitrogens with one attached hydrogen (secondary N) is 1. The number of fused-ring (bicyclic) bond motifs is 5. The van der Waals surface area contributed by atoms with Crippen LogP contribution in [0.2, 0.25) is 0 Å². The summed E-state index contributed by atoms with van der Waals surface area (Å²) in [5.74, 6) is -6.76. The molecule has 0 aromatic heterocycles. The van der Waals surface area contributed by atoms with Crippen LogP contribution in [-0.2, 0) is 42.9 Å². The molecule has 0 spiro atoms. The number of aliphatic hydroxyl groups excluding tert-OH is 2. The molecule has 3 aromatic rings. The first-order valence-corrected chi connectivity index (χ1v) is 19.7. The molecule has 1 aliphatic heterocycles. The highest BCUT2D eigenvalue weighted by molar-refractivity contribution is 5.96. The molecule has 1 heterocycles. The minimum atomic E-state index is -2.29. The summed E-state index contributed by atoms with van der Waals surface area (Å²) in [4.78, 5) is 82.4. The van der Waals surface area contributed by atoms with Crippen LogP contribution in [-0.4, -0.2) is 105 Å². The van der Waals surface area contributed by atoms with Gasteiger partial charge in [0.05, 0.1) is 35.6 Å². The van der Waals surface area contributed by atoms with Crippen molar-refractivity contribution in [1.82, 2.24) is 5.32 Å². The molecule has 1 amide bonds. The maximum atomic E-state index is 15.2. The lowest BCUT2D eigenvalue weighted by molar-refractivity contribution is -0.340. The molecule has 4 aliphatic rings. The monoisotopic (exact) mass is 825 g/mol. The molecule has 2 saturated carbocycles. The minimum absolute atomic E-state index is 0.00869. The largest absolute Gasteiger partial charge is 0.456 e. The smallest absolute Gasteiger partial charge is 0.338 e. The van der Waals surface area contributed by atoms with Crippen LogP contribution in [0.3, 0.4) is 0 Å². The Morgan fingerprint density at radius 2 is 1.45 bits per heavy atom. The molecule has 15 heteroatoms. The van der Waals surface area contributed by atoms with E-state index in [1.165, 1.54) is 26.0 Å². The Labute approximate surface area is 345 Å². The van der Waals surface area contributed by atoms with E-state index in [1.54, 1.807) is 78.9 Å². The fourth-order valence-corrected chi connectivity index (χ4v) is 9.41. The average molecular weight is 826 g/mol. The van der Waals surface area contributed by atoms with Crippen molar-refractivity contribution in [1.29, 1.82) is 0 Å². The van der Waals surface area contributed by atoms with Gasteiger partial charge in [0.1, 0.15) is 23.9 Å². The predicted molar refractivity (Wildman–Crippen MR) is 209 cm³/mol. The van der Waals surface area contributed by atoms with Crippen molar-refractivity contribution in [3.05, 3.63) is 119 Å². The Bertz CT molecular complexity index is 2200.